The number of fused-ring (bicyclic) bond motifs is 3. The van der Waals surface area contributed by atoms with E-state index in [1.54, 1.807) is 61.5 Å². The fraction of sp³-hybridized carbons (Fsp3) is 0.451. The summed E-state index contributed by atoms with van der Waals surface area (Å²) in [6, 6.07) is 1.43. The van der Waals surface area contributed by atoms with E-state index in [-0.39, 0.29) is 42.7 Å². The van der Waals surface area contributed by atoms with Crippen molar-refractivity contribution < 1.29 is 129 Å². The molecule has 9 rings (SSSR count). The van der Waals surface area contributed by atoms with Crippen molar-refractivity contribution in [1.82, 2.24) is 77.3 Å². The standard InChI is InChI=1S/C91H111F4N17O23S/c1-7-8-18-67-90(133)112-43-55(114)38-69(112)85(128)105-64(40-76(120)121)83(126)107-78(47(2)3)91(134)109(5)68(35-48-14-10-9-11-15-48)84(127)101-60(27-28-75(118)119)88(131)111-29-30-135-44-71(111)86(129)104-62(37-52-41-98-59-17-13-12-16-56(52)59)81(124)102-61(33-49-21-25-54(113)26-22-49)80(123)103-63(39-72(96)115)82(125)106-66(79(122)99-42-73(97)116)45-136-46-74(117)100-65(34-51-31-57(93)77(95)58(94)32-51)87(130)110(6)70(89(132)108(67)4)36-50-19-23-53(92)24-20-50/h9-17,19-26,31-32,41,47,55,60-71,78,98,113-114H,7-8,18,27-30,33-40,42-46H2,1-6H3,(H2,96,115)(H2,97,116)(H,99,122)(H,100,117)(H,101,127)(H,102,124)(H,103,123)(H,104,129)(H,105,128)(H,106,125)(H,107,126)(H,118,119)(H,120,121)/t55-,60+,61+,62+,63+,64+,65+,66+,67+,68+,69-,70?,71-,78+/m1/s1. The second-order valence-corrected chi connectivity index (χ2v) is 34.7. The average molecular weight is 1920 g/mol. The number of aromatic nitrogens is 1. The Morgan fingerprint density at radius 2 is 1.09 bits per heavy atom. The predicted octanol–water partition coefficient (Wildman–Crippen LogP) is -1.10. The fourth-order valence-corrected chi connectivity index (χ4v) is 16.8. The van der Waals surface area contributed by atoms with Gasteiger partial charge in [0.1, 0.15) is 90.1 Å². The lowest BCUT2D eigenvalue weighted by Crippen LogP contribution is -2.64. The normalized spacial score (nSPS) is 23.9. The number of benzene rings is 5. The number of hydrogen-bond acceptors (Lipinski definition) is 22. The molecule has 136 heavy (non-hydrogen) atoms. The van der Waals surface area contributed by atoms with E-state index in [0.717, 1.165) is 57.8 Å². The third kappa shape index (κ3) is 29.2. The number of nitrogens with zero attached hydrogens (tertiary/aromatic N) is 5. The Kier molecular flexibility index (Phi) is 38.2. The van der Waals surface area contributed by atoms with Gasteiger partial charge in [-0.05, 0) is 89.0 Å². The van der Waals surface area contributed by atoms with Gasteiger partial charge in [-0.25, -0.2) is 17.6 Å². The molecule has 3 aliphatic rings. The van der Waals surface area contributed by atoms with E-state index < -0.39 is 321 Å². The van der Waals surface area contributed by atoms with E-state index in [1.165, 1.54) is 56.4 Å². The van der Waals surface area contributed by atoms with E-state index in [9.17, 15) is 72.4 Å². The number of thioether (sulfide) groups is 1. The van der Waals surface area contributed by atoms with Gasteiger partial charge in [-0.2, -0.15) is 0 Å². The summed E-state index contributed by atoms with van der Waals surface area (Å²) in [6.45, 7) is 1.84. The first-order chi connectivity index (χ1) is 64.5. The van der Waals surface area contributed by atoms with Crippen molar-refractivity contribution in [2.24, 2.45) is 17.4 Å². The Labute approximate surface area is 781 Å². The molecule has 3 fully saturated rings. The number of carbonyl (C=O) groups is 18. The summed E-state index contributed by atoms with van der Waals surface area (Å²) in [7, 11) is 3.37. The highest BCUT2D eigenvalue weighted by molar-refractivity contribution is 8.00. The quantitative estimate of drug-likeness (QED) is 0.0253. The lowest BCUT2D eigenvalue weighted by atomic mass is 9.98. The minimum atomic E-state index is -2.10. The average Bonchev–Trinajstić information content (AvgIpc) is 1.58. The van der Waals surface area contributed by atoms with Gasteiger partial charge in [0.15, 0.2) is 17.5 Å². The number of carboxylic acids is 2. The van der Waals surface area contributed by atoms with Gasteiger partial charge < -0.3 is 114 Å². The molecule has 40 nitrogen and oxygen atoms in total. The number of phenolic OH excluding ortho intramolecular Hbond substituents is 1. The third-order valence-electron chi connectivity index (χ3n) is 23.3. The maximum Gasteiger partial charge on any atom is 0.305 e. The molecule has 5 aromatic carbocycles. The van der Waals surface area contributed by atoms with Gasteiger partial charge in [0.05, 0.1) is 44.5 Å². The Hall–Kier alpha value is -14.1. The second-order valence-electron chi connectivity index (χ2n) is 33.7. The van der Waals surface area contributed by atoms with Crippen molar-refractivity contribution in [1.29, 1.82) is 0 Å². The summed E-state index contributed by atoms with van der Waals surface area (Å²) in [5.74, 6) is -30.7. The Morgan fingerprint density at radius 3 is 1.73 bits per heavy atom. The van der Waals surface area contributed by atoms with Crippen LogP contribution in [-0.4, -0.2) is 307 Å². The van der Waals surface area contributed by atoms with E-state index in [4.69, 9.17) is 16.2 Å². The number of phenols is 1. The van der Waals surface area contributed by atoms with Crippen LogP contribution in [0.15, 0.2) is 121 Å². The van der Waals surface area contributed by atoms with Crippen LogP contribution < -0.4 is 59.3 Å². The smallest absolute Gasteiger partial charge is 0.305 e. The van der Waals surface area contributed by atoms with Crippen LogP contribution in [0.3, 0.4) is 0 Å². The van der Waals surface area contributed by atoms with Crippen molar-refractivity contribution in [2.75, 3.05) is 65.5 Å². The van der Waals surface area contributed by atoms with Gasteiger partial charge in [0.25, 0.3) is 0 Å². The van der Waals surface area contributed by atoms with Crippen LogP contribution in [0.1, 0.15) is 100.0 Å². The van der Waals surface area contributed by atoms with Gasteiger partial charge in [0, 0.05) is 102 Å². The van der Waals surface area contributed by atoms with Crippen molar-refractivity contribution >= 4 is 129 Å². The molecular weight excluding hydrogens is 1810 g/mol. The van der Waals surface area contributed by atoms with Crippen LogP contribution >= 0.6 is 11.8 Å². The summed E-state index contributed by atoms with van der Waals surface area (Å²) >= 11 is 0.525. The molecule has 1 unspecified atom stereocenters. The summed E-state index contributed by atoms with van der Waals surface area (Å²) in [6.07, 6.45) is -6.72. The third-order valence-corrected chi connectivity index (χ3v) is 24.4. The molecule has 1 aromatic heterocycles. The van der Waals surface area contributed by atoms with Gasteiger partial charge >= 0.3 is 11.9 Å². The number of nitrogens with two attached hydrogens (primary N) is 2. The number of aromatic hydroxyl groups is 1. The van der Waals surface area contributed by atoms with Gasteiger partial charge in [-0.1, -0.05) is 106 Å². The minimum absolute atomic E-state index is 0.156. The number of nitrogens with one attached hydrogen (secondary N) is 10. The monoisotopic (exact) mass is 1920 g/mol. The largest absolute Gasteiger partial charge is 0.508 e. The molecule has 6 aromatic rings. The topological polar surface area (TPSA) is 590 Å². The first-order valence-corrected chi connectivity index (χ1v) is 44.9. The molecule has 3 aliphatic heterocycles. The molecule has 16 amide bonds. The fourth-order valence-electron chi connectivity index (χ4n) is 16.0. The number of primary amides is 2. The maximum atomic E-state index is 15.7. The number of likely N-dealkylation sites (N-methyl/N-ethyl adjacent to an activating group) is 3. The molecule has 0 aliphatic carbocycles. The Balaban J connectivity index is 1.15. The number of aliphatic carboxylic acids is 2. The summed E-state index contributed by atoms with van der Waals surface area (Å²) in [5.41, 5.74) is 12.3. The molecule has 18 N–H and O–H groups in total. The Morgan fingerprint density at radius 1 is 0.537 bits per heavy atom. The number of carboxylic acid groups (broad SMARTS) is 2. The van der Waals surface area contributed by atoms with Gasteiger partial charge in [-0.3, -0.25) is 86.3 Å². The molecule has 3 saturated heterocycles. The molecule has 0 bridgehead atoms. The van der Waals surface area contributed by atoms with Crippen molar-refractivity contribution in [3.63, 3.8) is 0 Å². The minimum Gasteiger partial charge on any atom is -0.508 e. The molecule has 45 heteroatoms. The number of H-pyrrole nitrogens is 1. The number of aromatic amines is 1. The number of halogens is 4. The van der Waals surface area contributed by atoms with Gasteiger partial charge in [0.2, 0.25) is 94.5 Å². The molecule has 0 spiro atoms. The molecule has 0 saturated carbocycles. The van der Waals surface area contributed by atoms with Crippen molar-refractivity contribution in [3.8, 4) is 5.75 Å². The number of aliphatic hydroxyl groups excluding tert-OH is 1. The van der Waals surface area contributed by atoms with Crippen LogP contribution in [0.5, 0.6) is 5.75 Å². The number of unbranched alkanes of at least 4 members (excludes halogenated alkanes) is 1. The van der Waals surface area contributed by atoms with E-state index in [2.05, 4.69) is 52.8 Å². The first kappa shape index (κ1) is 106. The van der Waals surface area contributed by atoms with Crippen molar-refractivity contribution in [2.45, 2.75) is 189 Å². The van der Waals surface area contributed by atoms with Crippen LogP contribution in [0.2, 0.25) is 0 Å². The van der Waals surface area contributed by atoms with Gasteiger partial charge in [-0.15, -0.1) is 11.8 Å². The molecule has 0 radical (unpaired) electrons. The molecular formula is C91H111F4N17O23S. The first-order valence-electron chi connectivity index (χ1n) is 43.7. The zero-order valence-electron chi connectivity index (χ0n) is 75.2. The van der Waals surface area contributed by atoms with Crippen LogP contribution in [0, 0.1) is 29.2 Å². The van der Waals surface area contributed by atoms with Crippen LogP contribution in [0.4, 0.5) is 17.6 Å². The highest BCUT2D eigenvalue weighted by atomic mass is 32.2. The zero-order valence-corrected chi connectivity index (χ0v) is 76.0. The number of amides is 16. The molecule has 4 heterocycles. The number of para-hydroxylation sites is 1. The number of morpholine rings is 1. The SMILES string of the molecule is CCCC[C@H]1C(=O)N2C[C@H](O)C[C@@H]2C(=O)N[C@@H](CC(=O)O)C(=O)N[C@@H](C(C)C)C(=O)N(C)[C@@H](Cc2ccccc2)C(=O)N[C@@H](CCC(=O)O)C(=O)N2CCOC[C@@H]2C(=O)N[C@@H](Cc2c[nH]c3ccccc23)C(=O)N[C@@H](Cc2ccc(O)cc2)C(=O)N[C@@H](CC(N)=O)C(=O)N[C@H](C(=O)NCC(N)=O)CSCC(=O)N[C@@H](Cc2cc(F)c(F)c(F)c2)C(=O)N(C)C(Cc2ccc(F)cc2)C(=O)N1C. The summed E-state index contributed by atoms with van der Waals surface area (Å²) < 4.78 is 65.5. The predicted molar refractivity (Wildman–Crippen MR) is 478 cm³/mol. The zero-order chi connectivity index (χ0) is 99.6. The summed E-state index contributed by atoms with van der Waals surface area (Å²) in [5, 5.41) is 64.8. The number of ether oxygens (including phenoxy) is 1. The van der Waals surface area contributed by atoms with E-state index >= 15 is 51.9 Å². The number of hydrogen-bond donors (Lipinski definition) is 16. The number of rotatable bonds is 24. The van der Waals surface area contributed by atoms with Crippen molar-refractivity contribution in [3.05, 3.63) is 173 Å². The lowest BCUT2D eigenvalue weighted by molar-refractivity contribution is -0.152. The second kappa shape index (κ2) is 49.2. The highest BCUT2D eigenvalue weighted by Gasteiger charge is 2.48. The Bertz CT molecular complexity index is 5370. The van der Waals surface area contributed by atoms with Crippen LogP contribution in [0.25, 0.3) is 10.9 Å². The highest BCUT2D eigenvalue weighted by Crippen LogP contribution is 2.28. The van der Waals surface area contributed by atoms with Crippen LogP contribution in [-0.2, 0) is 123 Å². The van der Waals surface area contributed by atoms with E-state index in [1.807, 2.05) is 0 Å². The molecule has 14 atom stereocenters. The number of carbonyl (C=O) groups excluding carboxylic acids is 16. The summed E-state index contributed by atoms with van der Waals surface area (Å²) in [4.78, 5) is 270. The maximum absolute atomic E-state index is 15.7. The van der Waals surface area contributed by atoms with E-state index in [0.29, 0.717) is 52.3 Å². The molecule has 732 valence electrons. The number of aliphatic hydroxyl groups is 1. The lowest BCUT2D eigenvalue weighted by Gasteiger charge is -2.38.